The quantitative estimate of drug-likeness (QED) is 0.601. The zero-order valence-corrected chi connectivity index (χ0v) is 15.1. The number of ketones is 1. The molecule has 0 amide bonds. The number of aromatic nitrogens is 2. The van der Waals surface area contributed by atoms with Crippen LogP contribution in [-0.4, -0.2) is 34.9 Å². The lowest BCUT2D eigenvalue weighted by Crippen LogP contribution is -3.00. The predicted molar refractivity (Wildman–Crippen MR) is 85.0 cm³/mol. The van der Waals surface area contributed by atoms with Gasteiger partial charge in [-0.25, -0.2) is 9.13 Å². The number of rotatable bonds is 7. The van der Waals surface area contributed by atoms with Gasteiger partial charge in [0.25, 0.3) is 0 Å². The number of imidazole rings is 1. The molecule has 2 rings (SSSR count). The second kappa shape index (κ2) is 8.29. The van der Waals surface area contributed by atoms with Gasteiger partial charge in [0.1, 0.15) is 17.6 Å². The van der Waals surface area contributed by atoms with Crippen molar-refractivity contribution in [3.63, 3.8) is 0 Å². The van der Waals surface area contributed by atoms with Crippen molar-refractivity contribution >= 4 is 22.8 Å². The summed E-state index contributed by atoms with van der Waals surface area (Å²) in [5.41, 5.74) is 8.39. The Bertz CT molecular complexity index is 634. The fraction of sp³-hybridized carbons (Fsp3) is 0.500. The van der Waals surface area contributed by atoms with Crippen LogP contribution < -0.4 is 27.3 Å². The highest BCUT2D eigenvalue weighted by Crippen LogP contribution is 2.16. The summed E-state index contributed by atoms with van der Waals surface area (Å²) in [5, 5.41) is 0. The first kappa shape index (κ1) is 18.6. The molecule has 0 bridgehead atoms. The minimum atomic E-state index is 0. The SMILES string of the molecule is CCN(CC)CCn1c(N)[n+](CC(C)=O)c2ccccc21.[Br-]. The monoisotopic (exact) mass is 368 g/mol. The molecule has 22 heavy (non-hydrogen) atoms. The molecule has 0 aliphatic carbocycles. The number of nitrogens with two attached hydrogens (primary N) is 1. The summed E-state index contributed by atoms with van der Waals surface area (Å²) < 4.78 is 4.01. The molecule has 6 heteroatoms. The average Bonchev–Trinajstić information content (AvgIpc) is 2.73. The summed E-state index contributed by atoms with van der Waals surface area (Å²) >= 11 is 0. The largest absolute Gasteiger partial charge is 1.00 e. The van der Waals surface area contributed by atoms with E-state index >= 15 is 0 Å². The van der Waals surface area contributed by atoms with Gasteiger partial charge in [0.15, 0.2) is 5.78 Å². The number of halogens is 1. The number of Topliss-reactive ketones (excluding diaryl/α,β-unsaturated/α-hetero) is 1. The Balaban J connectivity index is 0.00000242. The molecule has 1 heterocycles. The van der Waals surface area contributed by atoms with E-state index in [9.17, 15) is 4.79 Å². The Morgan fingerprint density at radius 3 is 2.50 bits per heavy atom. The van der Waals surface area contributed by atoms with Crippen molar-refractivity contribution in [1.29, 1.82) is 0 Å². The van der Waals surface area contributed by atoms with E-state index in [1.54, 1.807) is 6.92 Å². The lowest BCUT2D eigenvalue weighted by molar-refractivity contribution is -0.644. The van der Waals surface area contributed by atoms with Crippen molar-refractivity contribution in [2.75, 3.05) is 25.4 Å². The van der Waals surface area contributed by atoms with Crippen molar-refractivity contribution in [3.8, 4) is 0 Å². The molecule has 1 aromatic heterocycles. The second-order valence-corrected chi connectivity index (χ2v) is 5.31. The van der Waals surface area contributed by atoms with E-state index in [0.717, 1.165) is 37.2 Å². The van der Waals surface area contributed by atoms with Gasteiger partial charge in [0.05, 0.1) is 6.54 Å². The molecular weight excluding hydrogens is 344 g/mol. The molecule has 0 unspecified atom stereocenters. The van der Waals surface area contributed by atoms with Crippen LogP contribution in [0.3, 0.4) is 0 Å². The lowest BCUT2D eigenvalue weighted by Gasteiger charge is -2.17. The molecule has 0 atom stereocenters. The summed E-state index contributed by atoms with van der Waals surface area (Å²) in [5.74, 6) is 0.761. The number of likely N-dealkylation sites (N-methyl/N-ethyl adjacent to an activating group) is 1. The van der Waals surface area contributed by atoms with E-state index < -0.39 is 0 Å². The molecule has 0 aliphatic heterocycles. The molecule has 5 nitrogen and oxygen atoms in total. The number of benzene rings is 1. The van der Waals surface area contributed by atoms with Gasteiger partial charge in [0.2, 0.25) is 0 Å². The molecule has 0 fully saturated rings. The van der Waals surface area contributed by atoms with Crippen molar-refractivity contribution < 1.29 is 26.3 Å². The number of carbonyl (C=O) groups is 1. The Labute approximate surface area is 142 Å². The lowest BCUT2D eigenvalue weighted by atomic mass is 10.3. The van der Waals surface area contributed by atoms with E-state index in [0.29, 0.717) is 12.5 Å². The van der Waals surface area contributed by atoms with Crippen LogP contribution in [0.4, 0.5) is 5.95 Å². The Morgan fingerprint density at radius 2 is 1.91 bits per heavy atom. The number of hydrogen-bond donors (Lipinski definition) is 1. The van der Waals surface area contributed by atoms with Gasteiger partial charge in [-0.05, 0) is 32.1 Å². The summed E-state index contributed by atoms with van der Waals surface area (Å²) in [4.78, 5) is 13.8. The maximum absolute atomic E-state index is 11.5. The number of hydrogen-bond acceptors (Lipinski definition) is 3. The van der Waals surface area contributed by atoms with Crippen molar-refractivity contribution in [2.45, 2.75) is 33.9 Å². The van der Waals surface area contributed by atoms with Crippen LogP contribution in [-0.2, 0) is 17.9 Å². The van der Waals surface area contributed by atoms with Crippen LogP contribution in [0.5, 0.6) is 0 Å². The van der Waals surface area contributed by atoms with Gasteiger partial charge in [-0.1, -0.05) is 26.0 Å². The highest BCUT2D eigenvalue weighted by molar-refractivity contribution is 5.77. The third kappa shape index (κ3) is 3.87. The minimum Gasteiger partial charge on any atom is -1.00 e. The molecule has 0 spiro atoms. The molecule has 0 saturated carbocycles. The van der Waals surface area contributed by atoms with Gasteiger partial charge < -0.3 is 21.9 Å². The van der Waals surface area contributed by atoms with Crippen molar-refractivity contribution in [3.05, 3.63) is 24.3 Å². The van der Waals surface area contributed by atoms with Gasteiger partial charge in [-0.15, -0.1) is 0 Å². The third-order valence-corrected chi connectivity index (χ3v) is 3.93. The summed E-state index contributed by atoms with van der Waals surface area (Å²) in [6.07, 6.45) is 0. The van der Waals surface area contributed by atoms with Crippen molar-refractivity contribution in [1.82, 2.24) is 9.47 Å². The summed E-state index contributed by atoms with van der Waals surface area (Å²) in [7, 11) is 0. The second-order valence-electron chi connectivity index (χ2n) is 5.31. The average molecular weight is 369 g/mol. The van der Waals surface area contributed by atoms with Crippen LogP contribution in [0.1, 0.15) is 20.8 Å². The van der Waals surface area contributed by atoms with Crippen LogP contribution in [0.25, 0.3) is 11.0 Å². The van der Waals surface area contributed by atoms with E-state index in [2.05, 4.69) is 29.4 Å². The first-order chi connectivity index (χ1) is 10.1. The van der Waals surface area contributed by atoms with Gasteiger partial charge in [-0.2, -0.15) is 0 Å². The molecule has 0 radical (unpaired) electrons. The molecule has 0 saturated heterocycles. The number of fused-ring (bicyclic) bond motifs is 1. The van der Waals surface area contributed by atoms with Gasteiger partial charge in [-0.3, -0.25) is 10.5 Å². The number of nitrogens with zero attached hydrogens (tertiary/aromatic N) is 3. The normalized spacial score (nSPS) is 10.9. The fourth-order valence-electron chi connectivity index (χ4n) is 2.72. The summed E-state index contributed by atoms with van der Waals surface area (Å²) in [6, 6.07) is 8.06. The smallest absolute Gasteiger partial charge is 0.356 e. The molecule has 122 valence electrons. The topological polar surface area (TPSA) is 55.1 Å². The van der Waals surface area contributed by atoms with Crippen LogP contribution in [0, 0.1) is 0 Å². The number of anilines is 1. The maximum atomic E-state index is 11.5. The first-order valence-corrected chi connectivity index (χ1v) is 7.56. The number of carbonyl (C=O) groups excluding carboxylic acids is 1. The van der Waals surface area contributed by atoms with Crippen LogP contribution >= 0.6 is 0 Å². The van der Waals surface area contributed by atoms with E-state index in [1.807, 2.05) is 22.8 Å². The minimum absolute atomic E-state index is 0. The molecule has 0 aliphatic rings. The van der Waals surface area contributed by atoms with Gasteiger partial charge >= 0.3 is 5.95 Å². The Hall–Kier alpha value is -1.40. The number of para-hydroxylation sites is 2. The zero-order chi connectivity index (χ0) is 15.4. The fourth-order valence-corrected chi connectivity index (χ4v) is 2.72. The Morgan fingerprint density at radius 1 is 1.27 bits per heavy atom. The third-order valence-electron chi connectivity index (χ3n) is 3.93. The Kier molecular flexibility index (Phi) is 7.03. The van der Waals surface area contributed by atoms with E-state index in [-0.39, 0.29) is 22.8 Å². The summed E-state index contributed by atoms with van der Waals surface area (Å²) in [6.45, 7) is 10.1. The standard InChI is InChI=1S/C16H24N4O.BrH/c1-4-18(5-2)10-11-19-14-8-6-7-9-15(14)20(16(19)17)12-13(3)21;/h6-9,17H,4-5,10-12H2,1-3H3;1H. The zero-order valence-electron chi connectivity index (χ0n) is 13.6. The van der Waals surface area contributed by atoms with Crippen LogP contribution in [0.15, 0.2) is 24.3 Å². The first-order valence-electron chi connectivity index (χ1n) is 7.56. The maximum Gasteiger partial charge on any atom is 0.356 e. The predicted octanol–water partition coefficient (Wildman–Crippen LogP) is -1.55. The highest BCUT2D eigenvalue weighted by Gasteiger charge is 2.21. The molecule has 2 N–H and O–H groups in total. The highest BCUT2D eigenvalue weighted by atomic mass is 79.9. The van der Waals surface area contributed by atoms with Crippen LogP contribution in [0.2, 0.25) is 0 Å². The van der Waals surface area contributed by atoms with Crippen molar-refractivity contribution in [2.24, 2.45) is 0 Å². The van der Waals surface area contributed by atoms with E-state index in [1.165, 1.54) is 0 Å². The van der Waals surface area contributed by atoms with Gasteiger partial charge in [0, 0.05) is 6.54 Å². The number of nitrogen functional groups attached to an aromatic ring is 1. The molecular formula is C16H25BrN4O. The molecule has 1 aromatic carbocycles. The molecule has 2 aromatic rings. The van der Waals surface area contributed by atoms with E-state index in [4.69, 9.17) is 5.73 Å².